The molecule has 0 aliphatic heterocycles. The molecule has 6 nitrogen and oxygen atoms in total. The van der Waals surface area contributed by atoms with Crippen LogP contribution in [-0.2, 0) is 39.0 Å². The molecule has 54 heavy (non-hydrogen) atoms. The minimum absolute atomic E-state index is 0. The number of nitrogens with one attached hydrogen (secondary N) is 2. The van der Waals surface area contributed by atoms with Crippen LogP contribution in [0, 0.1) is 13.8 Å². The molecule has 0 radical (unpaired) electrons. The van der Waals surface area contributed by atoms with Crippen LogP contribution in [0.3, 0.4) is 0 Å². The summed E-state index contributed by atoms with van der Waals surface area (Å²) in [6.45, 7) is 9.66. The van der Waals surface area contributed by atoms with Crippen LogP contribution in [0.4, 0.5) is 0 Å². The van der Waals surface area contributed by atoms with Crippen LogP contribution in [-0.4, -0.2) is 32.2 Å². The Hall–Kier alpha value is -5.01. The molecule has 4 heterocycles. The summed E-state index contributed by atoms with van der Waals surface area (Å²) in [5.41, 5.74) is 12.3. The van der Waals surface area contributed by atoms with Gasteiger partial charge in [-0.3, -0.25) is 9.97 Å². The van der Waals surface area contributed by atoms with Gasteiger partial charge in [0.15, 0.2) is 0 Å². The highest BCUT2D eigenvalue weighted by molar-refractivity contribution is 6.09. The third-order valence-electron chi connectivity index (χ3n) is 10.6. The van der Waals surface area contributed by atoms with Gasteiger partial charge in [-0.1, -0.05) is 97.1 Å². The molecule has 0 saturated carbocycles. The highest BCUT2D eigenvalue weighted by Gasteiger charge is 2.16. The first-order valence-corrected chi connectivity index (χ1v) is 19.4. The van der Waals surface area contributed by atoms with Gasteiger partial charge in [-0.2, -0.15) is 0 Å². The smallest absolute Gasteiger partial charge is 0.0707 e. The van der Waals surface area contributed by atoms with Gasteiger partial charge in [0.25, 0.3) is 0 Å². The molecule has 7 heteroatoms. The van der Waals surface area contributed by atoms with E-state index in [0.29, 0.717) is 0 Å². The number of fused-ring (bicyclic) bond motifs is 6. The first-order chi connectivity index (χ1) is 26.1. The van der Waals surface area contributed by atoms with Crippen molar-refractivity contribution in [3.8, 4) is 0 Å². The number of para-hydroxylation sites is 2. The van der Waals surface area contributed by atoms with E-state index in [1.165, 1.54) is 54.7 Å². The van der Waals surface area contributed by atoms with E-state index in [4.69, 9.17) is 9.97 Å². The predicted molar refractivity (Wildman–Crippen MR) is 229 cm³/mol. The minimum Gasteiger partial charge on any atom is -0.339 e. The topological polar surface area (TPSA) is 59.7 Å². The molecule has 0 atom stereocenters. The van der Waals surface area contributed by atoms with Crippen LogP contribution in [0.2, 0.25) is 0 Å². The van der Waals surface area contributed by atoms with Crippen LogP contribution in [0.25, 0.3) is 43.6 Å². The highest BCUT2D eigenvalue weighted by Crippen LogP contribution is 2.33. The molecule has 0 aliphatic carbocycles. The zero-order valence-corrected chi connectivity index (χ0v) is 32.3. The molecule has 4 aromatic carbocycles. The summed E-state index contributed by atoms with van der Waals surface area (Å²) in [7, 11) is 0. The van der Waals surface area contributed by atoms with Crippen molar-refractivity contribution in [3.63, 3.8) is 0 Å². The van der Waals surface area contributed by atoms with Crippen molar-refractivity contribution < 1.29 is 0 Å². The number of halogens is 1. The normalized spacial score (nSPS) is 11.6. The van der Waals surface area contributed by atoms with Crippen molar-refractivity contribution in [1.29, 1.82) is 0 Å². The maximum absolute atomic E-state index is 5.07. The summed E-state index contributed by atoms with van der Waals surface area (Å²) < 4.78 is 4.97. The van der Waals surface area contributed by atoms with Crippen molar-refractivity contribution >= 4 is 56.0 Å². The summed E-state index contributed by atoms with van der Waals surface area (Å²) in [5.74, 6) is 0. The zero-order valence-electron chi connectivity index (χ0n) is 31.5. The molecule has 0 saturated heterocycles. The number of rotatable bonds is 16. The van der Waals surface area contributed by atoms with Gasteiger partial charge < -0.3 is 19.8 Å². The van der Waals surface area contributed by atoms with E-state index >= 15 is 0 Å². The lowest BCUT2D eigenvalue weighted by atomic mass is 10.1. The van der Waals surface area contributed by atoms with E-state index < -0.39 is 0 Å². The average Bonchev–Trinajstić information content (AvgIpc) is 3.68. The number of nitrogens with zero attached hydrogens (tertiary/aromatic N) is 4. The van der Waals surface area contributed by atoms with E-state index in [1.54, 1.807) is 0 Å². The second kappa shape index (κ2) is 17.4. The quantitative estimate of drug-likeness (QED) is 0.0971. The zero-order chi connectivity index (χ0) is 36.0. The molecule has 2 N–H and O–H groups in total. The number of aromatic nitrogens is 4. The summed E-state index contributed by atoms with van der Waals surface area (Å²) in [4.78, 5) is 10.1. The predicted octanol–water partition coefficient (Wildman–Crippen LogP) is 10.3. The molecule has 8 rings (SSSR count). The number of hydrogen-bond acceptors (Lipinski definition) is 4. The lowest BCUT2D eigenvalue weighted by molar-refractivity contribution is 0.587. The molecular formula is C47H51ClN6. The van der Waals surface area contributed by atoms with Gasteiger partial charge in [-0.15, -0.1) is 12.4 Å². The summed E-state index contributed by atoms with van der Waals surface area (Å²) >= 11 is 0. The van der Waals surface area contributed by atoms with Crippen molar-refractivity contribution in [2.45, 2.75) is 72.1 Å². The maximum atomic E-state index is 5.07. The maximum Gasteiger partial charge on any atom is 0.0707 e. The van der Waals surface area contributed by atoms with E-state index in [-0.39, 0.29) is 12.4 Å². The standard InChI is InChI=1S/C47H50N6.ClH/c1-34-46-42(40-22-9-11-24-44(40)52(46)28-13-20-36-16-5-3-6-17-36)30-38(50-34)32-48-26-15-27-49-33-39-31-43-41-23-10-12-25-45(41)53(47(43)35(2)51-39)29-14-21-37-18-7-4-8-19-37;/h3-12,16-19,22-25,30-31,48-49H,13-15,20-21,26-29,32-33H2,1-2H3;1H. The van der Waals surface area contributed by atoms with Crippen molar-refractivity contribution in [2.24, 2.45) is 0 Å². The Balaban J connectivity index is 0.00000450. The number of aryl methyl sites for hydroxylation is 6. The van der Waals surface area contributed by atoms with Gasteiger partial charge in [0.05, 0.1) is 33.8 Å². The van der Waals surface area contributed by atoms with Crippen LogP contribution in [0.1, 0.15) is 53.2 Å². The number of pyridine rings is 2. The van der Waals surface area contributed by atoms with Gasteiger partial charge in [-0.05, 0) is 94.4 Å². The molecule has 276 valence electrons. The molecule has 0 fully saturated rings. The second-order valence-electron chi connectivity index (χ2n) is 14.4. The Labute approximate surface area is 325 Å². The Morgan fingerprint density at radius 2 is 0.889 bits per heavy atom. The summed E-state index contributed by atoms with van der Waals surface area (Å²) in [6, 6.07) is 43.8. The molecule has 4 aromatic heterocycles. The molecule has 0 bridgehead atoms. The van der Waals surface area contributed by atoms with Gasteiger partial charge in [0.1, 0.15) is 0 Å². The Morgan fingerprint density at radius 3 is 1.33 bits per heavy atom. The molecule has 0 spiro atoms. The molecule has 0 aliphatic rings. The Bertz CT molecular complexity index is 2290. The van der Waals surface area contributed by atoms with Crippen molar-refractivity contribution in [3.05, 3.63) is 155 Å². The third-order valence-corrected chi connectivity index (χ3v) is 10.6. The third kappa shape index (κ3) is 8.07. The highest BCUT2D eigenvalue weighted by atomic mass is 35.5. The van der Waals surface area contributed by atoms with Crippen LogP contribution in [0.15, 0.2) is 121 Å². The van der Waals surface area contributed by atoms with Gasteiger partial charge in [0, 0.05) is 58.8 Å². The first-order valence-electron chi connectivity index (χ1n) is 19.4. The second-order valence-corrected chi connectivity index (χ2v) is 14.4. The largest absolute Gasteiger partial charge is 0.339 e. The molecule has 0 unspecified atom stereocenters. The molecule has 8 aromatic rings. The van der Waals surface area contributed by atoms with Gasteiger partial charge >= 0.3 is 0 Å². The minimum atomic E-state index is 0. The Morgan fingerprint density at radius 1 is 0.481 bits per heavy atom. The van der Waals surface area contributed by atoms with Crippen LogP contribution >= 0.6 is 12.4 Å². The van der Waals surface area contributed by atoms with Gasteiger partial charge in [-0.25, -0.2) is 0 Å². The lowest BCUT2D eigenvalue weighted by Gasteiger charge is -2.11. The molecule has 0 amide bonds. The van der Waals surface area contributed by atoms with E-state index in [1.807, 2.05) is 0 Å². The monoisotopic (exact) mass is 734 g/mol. The van der Waals surface area contributed by atoms with Crippen LogP contribution < -0.4 is 10.6 Å². The fraction of sp³-hybridized carbons (Fsp3) is 0.277. The SMILES string of the molecule is Cc1nc(CNCCCNCc2cc3c4ccccc4n(CCCc4ccccc4)c3c(C)n2)cc2c3ccccc3n(CCCc3ccccc3)c12.Cl. The summed E-state index contributed by atoms with van der Waals surface area (Å²) in [6.07, 6.45) is 5.37. The van der Waals surface area contributed by atoms with Crippen molar-refractivity contribution in [2.75, 3.05) is 13.1 Å². The van der Waals surface area contributed by atoms with E-state index in [0.717, 1.165) is 94.1 Å². The molecular weight excluding hydrogens is 684 g/mol. The number of benzene rings is 4. The fourth-order valence-electron chi connectivity index (χ4n) is 8.26. The van der Waals surface area contributed by atoms with Gasteiger partial charge in [0.2, 0.25) is 0 Å². The number of hydrogen-bond donors (Lipinski definition) is 2. The summed E-state index contributed by atoms with van der Waals surface area (Å²) in [5, 5.41) is 12.5. The van der Waals surface area contributed by atoms with E-state index in [2.05, 4.69) is 155 Å². The van der Waals surface area contributed by atoms with E-state index in [9.17, 15) is 0 Å². The fourth-order valence-corrected chi connectivity index (χ4v) is 8.26. The lowest BCUT2D eigenvalue weighted by Crippen LogP contribution is -2.22. The van der Waals surface area contributed by atoms with Crippen molar-refractivity contribution in [1.82, 2.24) is 29.7 Å². The Kier molecular flexibility index (Phi) is 12.0. The first kappa shape index (κ1) is 37.3. The average molecular weight is 735 g/mol. The van der Waals surface area contributed by atoms with Crippen LogP contribution in [0.5, 0.6) is 0 Å².